The average Bonchev–Trinajstić information content (AvgIpc) is 2.68. The van der Waals surface area contributed by atoms with Gasteiger partial charge in [-0.2, -0.15) is 0 Å². The summed E-state index contributed by atoms with van der Waals surface area (Å²) in [7, 11) is 0. The monoisotopic (exact) mass is 211 g/mol. The maximum atomic E-state index is 11.5. The highest BCUT2D eigenvalue weighted by Gasteiger charge is 2.38. The van der Waals surface area contributed by atoms with Gasteiger partial charge in [0.05, 0.1) is 6.61 Å². The maximum Gasteiger partial charge on any atom is 0.409 e. The van der Waals surface area contributed by atoms with Gasteiger partial charge in [-0.1, -0.05) is 12.8 Å². The van der Waals surface area contributed by atoms with E-state index in [0.29, 0.717) is 12.0 Å². The second kappa shape index (κ2) is 4.42. The fraction of sp³-hybridized carbons (Fsp3) is 0.917. The smallest absolute Gasteiger partial charge is 0.409 e. The van der Waals surface area contributed by atoms with Crippen molar-refractivity contribution in [3.8, 4) is 0 Å². The van der Waals surface area contributed by atoms with Gasteiger partial charge in [0.1, 0.15) is 0 Å². The van der Waals surface area contributed by atoms with E-state index in [0.717, 1.165) is 13.1 Å². The molecule has 1 saturated heterocycles. The van der Waals surface area contributed by atoms with Crippen molar-refractivity contribution >= 4 is 6.09 Å². The normalized spacial score (nSPS) is 24.5. The number of carbonyl (C=O) groups excluding carboxylic acids is 1. The van der Waals surface area contributed by atoms with Gasteiger partial charge >= 0.3 is 6.09 Å². The minimum absolute atomic E-state index is 0.120. The Bertz CT molecular complexity index is 224. The Labute approximate surface area is 91.8 Å². The fourth-order valence-electron chi connectivity index (χ4n) is 3.00. The molecule has 2 aliphatic rings. The van der Waals surface area contributed by atoms with Crippen LogP contribution in [0.15, 0.2) is 0 Å². The lowest BCUT2D eigenvalue weighted by Gasteiger charge is -2.38. The molecular weight excluding hydrogens is 190 g/mol. The van der Waals surface area contributed by atoms with Gasteiger partial charge in [-0.05, 0) is 38.0 Å². The Balaban J connectivity index is 1.83. The van der Waals surface area contributed by atoms with Gasteiger partial charge in [0.25, 0.3) is 0 Å². The standard InChI is InChI=1S/C12H21NO2/c1-2-15-11(14)13-9-7-12(8-10-13)5-3-4-6-12/h2-10H2,1H3. The van der Waals surface area contributed by atoms with E-state index in [2.05, 4.69) is 0 Å². The first-order valence-corrected chi connectivity index (χ1v) is 6.17. The van der Waals surface area contributed by atoms with Crippen molar-refractivity contribution in [2.24, 2.45) is 5.41 Å². The van der Waals surface area contributed by atoms with E-state index in [9.17, 15) is 4.79 Å². The van der Waals surface area contributed by atoms with Crippen LogP contribution in [0.5, 0.6) is 0 Å². The van der Waals surface area contributed by atoms with E-state index >= 15 is 0 Å². The number of ether oxygens (including phenoxy) is 1. The summed E-state index contributed by atoms with van der Waals surface area (Å²) >= 11 is 0. The third-order valence-electron chi connectivity index (χ3n) is 4.01. The van der Waals surface area contributed by atoms with Crippen LogP contribution in [-0.4, -0.2) is 30.7 Å². The highest BCUT2D eigenvalue weighted by Crippen LogP contribution is 2.46. The van der Waals surface area contributed by atoms with Crippen molar-refractivity contribution < 1.29 is 9.53 Å². The minimum Gasteiger partial charge on any atom is -0.450 e. The van der Waals surface area contributed by atoms with E-state index in [1.54, 1.807) is 0 Å². The molecule has 1 heterocycles. The molecule has 1 spiro atoms. The van der Waals surface area contributed by atoms with Gasteiger partial charge in [-0.3, -0.25) is 0 Å². The lowest BCUT2D eigenvalue weighted by atomic mass is 9.77. The molecular formula is C12H21NO2. The van der Waals surface area contributed by atoms with Gasteiger partial charge < -0.3 is 9.64 Å². The number of amides is 1. The van der Waals surface area contributed by atoms with Crippen LogP contribution in [-0.2, 0) is 4.74 Å². The molecule has 2 rings (SSSR count). The van der Waals surface area contributed by atoms with Crippen molar-refractivity contribution in [2.45, 2.75) is 45.4 Å². The predicted molar refractivity (Wildman–Crippen MR) is 58.7 cm³/mol. The Kier molecular flexibility index (Phi) is 3.17. The van der Waals surface area contributed by atoms with Crippen LogP contribution < -0.4 is 0 Å². The van der Waals surface area contributed by atoms with Gasteiger partial charge in [0, 0.05) is 13.1 Å². The Morgan fingerprint density at radius 3 is 2.33 bits per heavy atom. The lowest BCUT2D eigenvalue weighted by Crippen LogP contribution is -2.42. The molecule has 2 fully saturated rings. The molecule has 86 valence electrons. The van der Waals surface area contributed by atoms with Gasteiger partial charge in [-0.25, -0.2) is 4.79 Å². The number of hydrogen-bond acceptors (Lipinski definition) is 2. The van der Waals surface area contributed by atoms with Gasteiger partial charge in [-0.15, -0.1) is 0 Å². The zero-order valence-corrected chi connectivity index (χ0v) is 9.63. The molecule has 0 aromatic heterocycles. The van der Waals surface area contributed by atoms with Gasteiger partial charge in [0.2, 0.25) is 0 Å². The number of likely N-dealkylation sites (tertiary alicyclic amines) is 1. The molecule has 1 aliphatic carbocycles. The number of rotatable bonds is 1. The largest absolute Gasteiger partial charge is 0.450 e. The quantitative estimate of drug-likeness (QED) is 0.667. The van der Waals surface area contributed by atoms with Crippen molar-refractivity contribution in [1.82, 2.24) is 4.90 Å². The summed E-state index contributed by atoms with van der Waals surface area (Å²) in [5.74, 6) is 0. The first-order valence-electron chi connectivity index (χ1n) is 6.17. The van der Waals surface area contributed by atoms with Crippen LogP contribution in [0, 0.1) is 5.41 Å². The van der Waals surface area contributed by atoms with Crippen LogP contribution in [0.4, 0.5) is 4.79 Å². The fourth-order valence-corrected chi connectivity index (χ4v) is 3.00. The molecule has 0 radical (unpaired) electrons. The summed E-state index contributed by atoms with van der Waals surface area (Å²) in [6, 6.07) is 0. The lowest BCUT2D eigenvalue weighted by molar-refractivity contribution is 0.0700. The summed E-state index contributed by atoms with van der Waals surface area (Å²) in [6.07, 6.45) is 7.79. The molecule has 0 bridgehead atoms. The molecule has 0 aromatic rings. The summed E-state index contributed by atoms with van der Waals surface area (Å²) in [5.41, 5.74) is 0.586. The third-order valence-corrected chi connectivity index (χ3v) is 4.01. The summed E-state index contributed by atoms with van der Waals surface area (Å²) < 4.78 is 5.02. The molecule has 1 amide bonds. The zero-order valence-electron chi connectivity index (χ0n) is 9.63. The van der Waals surface area contributed by atoms with Crippen molar-refractivity contribution in [3.63, 3.8) is 0 Å². The maximum absolute atomic E-state index is 11.5. The minimum atomic E-state index is -0.120. The third kappa shape index (κ3) is 2.27. The molecule has 3 heteroatoms. The SMILES string of the molecule is CCOC(=O)N1CCC2(CCCC2)CC1. The number of carbonyl (C=O) groups is 1. The van der Waals surface area contributed by atoms with Crippen LogP contribution in [0.25, 0.3) is 0 Å². The zero-order chi connectivity index (χ0) is 10.7. The summed E-state index contributed by atoms with van der Waals surface area (Å²) in [5, 5.41) is 0. The first kappa shape index (κ1) is 10.8. The molecule has 0 unspecified atom stereocenters. The Morgan fingerprint density at radius 1 is 1.20 bits per heavy atom. The van der Waals surface area contributed by atoms with Gasteiger partial charge in [0.15, 0.2) is 0 Å². The van der Waals surface area contributed by atoms with E-state index in [4.69, 9.17) is 4.74 Å². The van der Waals surface area contributed by atoms with Crippen molar-refractivity contribution in [2.75, 3.05) is 19.7 Å². The van der Waals surface area contributed by atoms with Crippen LogP contribution in [0.3, 0.4) is 0 Å². The van der Waals surface area contributed by atoms with E-state index < -0.39 is 0 Å². The van der Waals surface area contributed by atoms with Crippen LogP contribution >= 0.6 is 0 Å². The van der Waals surface area contributed by atoms with Crippen LogP contribution in [0.2, 0.25) is 0 Å². The predicted octanol–water partition coefficient (Wildman–Crippen LogP) is 2.80. The second-order valence-electron chi connectivity index (χ2n) is 4.89. The molecule has 0 aromatic carbocycles. The molecule has 0 atom stereocenters. The van der Waals surface area contributed by atoms with E-state index in [1.807, 2.05) is 11.8 Å². The average molecular weight is 211 g/mol. The van der Waals surface area contributed by atoms with E-state index in [1.165, 1.54) is 38.5 Å². The van der Waals surface area contributed by atoms with Crippen molar-refractivity contribution in [3.05, 3.63) is 0 Å². The molecule has 1 saturated carbocycles. The van der Waals surface area contributed by atoms with E-state index in [-0.39, 0.29) is 6.09 Å². The molecule has 3 nitrogen and oxygen atoms in total. The number of piperidine rings is 1. The summed E-state index contributed by atoms with van der Waals surface area (Å²) in [6.45, 7) is 4.15. The highest BCUT2D eigenvalue weighted by molar-refractivity contribution is 5.67. The number of nitrogens with zero attached hydrogens (tertiary/aromatic N) is 1. The Morgan fingerprint density at radius 2 is 1.80 bits per heavy atom. The van der Waals surface area contributed by atoms with Crippen molar-refractivity contribution in [1.29, 1.82) is 0 Å². The molecule has 0 N–H and O–H groups in total. The second-order valence-corrected chi connectivity index (χ2v) is 4.89. The molecule has 15 heavy (non-hydrogen) atoms. The van der Waals surface area contributed by atoms with Crippen LogP contribution in [0.1, 0.15) is 45.4 Å². The topological polar surface area (TPSA) is 29.5 Å². The number of hydrogen-bond donors (Lipinski definition) is 0. The Hall–Kier alpha value is -0.730. The summed E-state index contributed by atoms with van der Waals surface area (Å²) in [4.78, 5) is 13.4. The first-order chi connectivity index (χ1) is 7.26. The highest BCUT2D eigenvalue weighted by atomic mass is 16.6. The molecule has 1 aliphatic heterocycles.